The molecule has 1 aromatic heterocycles. The van der Waals surface area contributed by atoms with E-state index in [2.05, 4.69) is 31.9 Å². The maximum absolute atomic E-state index is 5.58. The molecule has 2 aliphatic heterocycles. The van der Waals surface area contributed by atoms with Gasteiger partial charge in [0, 0.05) is 12.4 Å². The van der Waals surface area contributed by atoms with Crippen molar-refractivity contribution in [3.05, 3.63) is 22.9 Å². The lowest BCUT2D eigenvalue weighted by Gasteiger charge is -2.37. The molecule has 0 radical (unpaired) electrons. The third-order valence-corrected chi connectivity index (χ3v) is 3.88. The predicted molar refractivity (Wildman–Crippen MR) is 62.0 cm³/mol. The van der Waals surface area contributed by atoms with Gasteiger partial charge in [0.2, 0.25) is 0 Å². The van der Waals surface area contributed by atoms with Crippen LogP contribution in [-0.2, 0) is 4.74 Å². The Morgan fingerprint density at radius 3 is 2.73 bits per heavy atom. The summed E-state index contributed by atoms with van der Waals surface area (Å²) in [6.45, 7) is 1.73. The smallest absolute Gasteiger partial charge is 0.0671 e. The summed E-state index contributed by atoms with van der Waals surface area (Å²) in [7, 11) is 0. The van der Waals surface area contributed by atoms with Crippen molar-refractivity contribution in [2.45, 2.75) is 24.9 Å². The van der Waals surface area contributed by atoms with Gasteiger partial charge in [0.1, 0.15) is 0 Å². The number of fused-ring (bicyclic) bond motifs is 2. The molecule has 3 nitrogen and oxygen atoms in total. The highest BCUT2D eigenvalue weighted by Crippen LogP contribution is 2.37. The van der Waals surface area contributed by atoms with Crippen molar-refractivity contribution in [3.8, 4) is 0 Å². The zero-order chi connectivity index (χ0) is 10.3. The first-order chi connectivity index (χ1) is 7.36. The van der Waals surface area contributed by atoms with E-state index in [9.17, 15) is 0 Å². The summed E-state index contributed by atoms with van der Waals surface area (Å²) < 4.78 is 6.66. The molecule has 80 valence electrons. The summed E-state index contributed by atoms with van der Waals surface area (Å²) in [4.78, 5) is 6.60. The number of nitrogens with zero attached hydrogens (tertiary/aromatic N) is 2. The predicted octanol–water partition coefficient (Wildman–Crippen LogP) is 2.21. The Morgan fingerprint density at radius 1 is 1.33 bits per heavy atom. The fourth-order valence-corrected chi connectivity index (χ4v) is 3.05. The second-order valence-electron chi connectivity index (χ2n) is 4.16. The zero-order valence-electron chi connectivity index (χ0n) is 8.40. The minimum absolute atomic E-state index is 0.558. The Morgan fingerprint density at radius 2 is 2.07 bits per heavy atom. The van der Waals surface area contributed by atoms with E-state index in [0.717, 1.165) is 17.7 Å². The molecule has 2 bridgehead atoms. The van der Waals surface area contributed by atoms with Crippen LogP contribution in [-0.4, -0.2) is 30.3 Å². The van der Waals surface area contributed by atoms with Gasteiger partial charge >= 0.3 is 0 Å². The summed E-state index contributed by atoms with van der Waals surface area (Å²) >= 11 is 3.57. The third-order valence-electron chi connectivity index (χ3n) is 3.27. The summed E-state index contributed by atoms with van der Waals surface area (Å²) in [5.74, 6) is 0. The van der Waals surface area contributed by atoms with Crippen molar-refractivity contribution in [2.75, 3.05) is 18.1 Å². The van der Waals surface area contributed by atoms with Gasteiger partial charge in [0.05, 0.1) is 35.5 Å². The molecule has 1 aromatic rings. The Balaban J connectivity index is 1.97. The molecule has 0 N–H and O–H groups in total. The molecule has 4 heteroatoms. The van der Waals surface area contributed by atoms with Crippen LogP contribution in [0.15, 0.2) is 22.9 Å². The lowest BCUT2D eigenvalue weighted by molar-refractivity contribution is 0.0906. The molecule has 2 aliphatic rings. The van der Waals surface area contributed by atoms with Crippen molar-refractivity contribution < 1.29 is 4.74 Å². The van der Waals surface area contributed by atoms with Crippen LogP contribution in [0.1, 0.15) is 12.8 Å². The minimum Gasteiger partial charge on any atom is -0.377 e. The Labute approximate surface area is 97.6 Å². The molecule has 0 amide bonds. The van der Waals surface area contributed by atoms with Gasteiger partial charge in [0.15, 0.2) is 0 Å². The first kappa shape index (κ1) is 9.60. The summed E-state index contributed by atoms with van der Waals surface area (Å²) in [6.07, 6.45) is 6.22. The number of hydrogen-bond acceptors (Lipinski definition) is 3. The van der Waals surface area contributed by atoms with Crippen LogP contribution in [0.25, 0.3) is 0 Å². The van der Waals surface area contributed by atoms with Gasteiger partial charge in [-0.05, 0) is 34.8 Å². The van der Waals surface area contributed by atoms with Crippen LogP contribution in [0.3, 0.4) is 0 Å². The van der Waals surface area contributed by atoms with Gasteiger partial charge in [-0.3, -0.25) is 4.98 Å². The van der Waals surface area contributed by atoms with Gasteiger partial charge in [-0.1, -0.05) is 0 Å². The maximum Gasteiger partial charge on any atom is 0.0671 e. The molecule has 2 saturated heterocycles. The fourth-order valence-electron chi connectivity index (χ4n) is 2.60. The number of pyridine rings is 1. The number of rotatable bonds is 1. The summed E-state index contributed by atoms with van der Waals surface area (Å²) in [5.41, 5.74) is 1.26. The topological polar surface area (TPSA) is 25.4 Å². The van der Waals surface area contributed by atoms with E-state index in [1.165, 1.54) is 18.5 Å². The SMILES string of the molecule is Brc1cnccc1N1C2CCC1COC2. The first-order valence-electron chi connectivity index (χ1n) is 5.32. The molecular weight excluding hydrogens is 256 g/mol. The lowest BCUT2D eigenvalue weighted by Crippen LogP contribution is -2.46. The number of morpholine rings is 1. The lowest BCUT2D eigenvalue weighted by atomic mass is 10.2. The average Bonchev–Trinajstić information content (AvgIpc) is 2.50. The molecular formula is C11H13BrN2O. The van der Waals surface area contributed by atoms with Crippen LogP contribution in [0.5, 0.6) is 0 Å². The Kier molecular flexibility index (Phi) is 2.41. The monoisotopic (exact) mass is 268 g/mol. The van der Waals surface area contributed by atoms with Gasteiger partial charge in [-0.15, -0.1) is 0 Å². The third kappa shape index (κ3) is 1.56. The molecule has 0 aromatic carbocycles. The summed E-state index contributed by atoms with van der Waals surface area (Å²) in [6, 6.07) is 3.20. The number of aromatic nitrogens is 1. The molecule has 0 saturated carbocycles. The van der Waals surface area contributed by atoms with Crippen LogP contribution < -0.4 is 4.90 Å². The van der Waals surface area contributed by atoms with Crippen LogP contribution in [0, 0.1) is 0 Å². The van der Waals surface area contributed by atoms with Crippen LogP contribution in [0.4, 0.5) is 5.69 Å². The second-order valence-corrected chi connectivity index (χ2v) is 5.01. The van der Waals surface area contributed by atoms with E-state index in [-0.39, 0.29) is 0 Å². The number of halogens is 1. The van der Waals surface area contributed by atoms with Gasteiger partial charge in [-0.2, -0.15) is 0 Å². The molecule has 3 heterocycles. The van der Waals surface area contributed by atoms with E-state index in [1.807, 2.05) is 12.4 Å². The van der Waals surface area contributed by atoms with Crippen molar-refractivity contribution in [1.82, 2.24) is 4.98 Å². The van der Waals surface area contributed by atoms with E-state index >= 15 is 0 Å². The number of hydrogen-bond donors (Lipinski definition) is 0. The van der Waals surface area contributed by atoms with Crippen molar-refractivity contribution in [3.63, 3.8) is 0 Å². The fraction of sp³-hybridized carbons (Fsp3) is 0.545. The number of ether oxygens (including phenoxy) is 1. The molecule has 3 rings (SSSR count). The highest BCUT2D eigenvalue weighted by molar-refractivity contribution is 9.10. The highest BCUT2D eigenvalue weighted by atomic mass is 79.9. The standard InChI is InChI=1S/C11H13BrN2O/c12-10-5-13-4-3-11(10)14-8-1-2-9(14)7-15-6-8/h3-5,8-9H,1-2,6-7H2. The molecule has 15 heavy (non-hydrogen) atoms. The Hall–Kier alpha value is -0.610. The van der Waals surface area contributed by atoms with E-state index in [4.69, 9.17) is 4.74 Å². The zero-order valence-corrected chi connectivity index (χ0v) is 9.98. The van der Waals surface area contributed by atoms with Crippen LogP contribution >= 0.6 is 15.9 Å². The van der Waals surface area contributed by atoms with Gasteiger partial charge < -0.3 is 9.64 Å². The van der Waals surface area contributed by atoms with Crippen molar-refractivity contribution >= 4 is 21.6 Å². The van der Waals surface area contributed by atoms with Gasteiger partial charge in [0.25, 0.3) is 0 Å². The molecule has 2 atom stereocenters. The maximum atomic E-state index is 5.58. The quantitative estimate of drug-likeness (QED) is 0.781. The van der Waals surface area contributed by atoms with E-state index in [0.29, 0.717) is 12.1 Å². The summed E-state index contributed by atoms with van der Waals surface area (Å²) in [5, 5.41) is 0. The molecule has 0 aliphatic carbocycles. The minimum atomic E-state index is 0.558. The van der Waals surface area contributed by atoms with E-state index < -0.39 is 0 Å². The molecule has 2 unspecified atom stereocenters. The number of anilines is 1. The first-order valence-corrected chi connectivity index (χ1v) is 6.11. The molecule has 0 spiro atoms. The van der Waals surface area contributed by atoms with Crippen molar-refractivity contribution in [1.29, 1.82) is 0 Å². The van der Waals surface area contributed by atoms with E-state index in [1.54, 1.807) is 0 Å². The highest BCUT2D eigenvalue weighted by Gasteiger charge is 2.37. The largest absolute Gasteiger partial charge is 0.377 e. The van der Waals surface area contributed by atoms with Crippen molar-refractivity contribution in [2.24, 2.45) is 0 Å². The second kappa shape index (κ2) is 3.76. The molecule has 2 fully saturated rings. The van der Waals surface area contributed by atoms with Crippen LogP contribution in [0.2, 0.25) is 0 Å². The average molecular weight is 269 g/mol. The van der Waals surface area contributed by atoms with Gasteiger partial charge in [-0.25, -0.2) is 0 Å². The normalized spacial score (nSPS) is 29.5. The Bertz CT molecular complexity index is 355.